The molecule has 0 saturated carbocycles. The Labute approximate surface area is 130 Å². The molecule has 2 unspecified atom stereocenters. The summed E-state index contributed by atoms with van der Waals surface area (Å²) in [6, 6.07) is 0. The van der Waals surface area contributed by atoms with Crippen LogP contribution in [0.1, 0.15) is 118 Å². The van der Waals surface area contributed by atoms with Gasteiger partial charge in [-0.05, 0) is 11.8 Å². The lowest BCUT2D eigenvalue weighted by Crippen LogP contribution is -1.95. The summed E-state index contributed by atoms with van der Waals surface area (Å²) in [7, 11) is 0. The van der Waals surface area contributed by atoms with Gasteiger partial charge in [-0.25, -0.2) is 0 Å². The number of hydrogen-bond acceptors (Lipinski definition) is 0. The molecule has 0 amide bonds. The lowest BCUT2D eigenvalue weighted by Gasteiger charge is -2.10. The number of hydrogen-bond donors (Lipinski definition) is 0. The van der Waals surface area contributed by atoms with Crippen molar-refractivity contribution in [3.05, 3.63) is 0 Å². The van der Waals surface area contributed by atoms with Gasteiger partial charge >= 0.3 is 0 Å². The molecule has 0 aromatic carbocycles. The van der Waals surface area contributed by atoms with Crippen LogP contribution in [0.5, 0.6) is 0 Å². The summed E-state index contributed by atoms with van der Waals surface area (Å²) < 4.78 is 0. The van der Waals surface area contributed by atoms with Gasteiger partial charge in [0, 0.05) is 0 Å². The highest BCUT2D eigenvalue weighted by Gasteiger charge is 2.02. The van der Waals surface area contributed by atoms with E-state index < -0.39 is 0 Å². The molecule has 0 spiro atoms. The average Bonchev–Trinajstić information content (AvgIpc) is 2.45. The van der Waals surface area contributed by atoms with Crippen LogP contribution in [0.15, 0.2) is 0 Å². The summed E-state index contributed by atoms with van der Waals surface area (Å²) in [5, 5.41) is 0. The summed E-state index contributed by atoms with van der Waals surface area (Å²) in [4.78, 5) is 0. The van der Waals surface area contributed by atoms with Gasteiger partial charge in [-0.2, -0.15) is 0 Å². The van der Waals surface area contributed by atoms with Crippen molar-refractivity contribution in [2.75, 3.05) is 0 Å². The van der Waals surface area contributed by atoms with Crippen LogP contribution in [-0.2, 0) is 0 Å². The van der Waals surface area contributed by atoms with Gasteiger partial charge in [0.1, 0.15) is 0 Å². The van der Waals surface area contributed by atoms with Crippen molar-refractivity contribution < 1.29 is 0 Å². The topological polar surface area (TPSA) is 0 Å². The molecule has 0 aliphatic heterocycles. The van der Waals surface area contributed by atoms with Crippen LogP contribution in [0.2, 0.25) is 0 Å². The van der Waals surface area contributed by atoms with E-state index in [1.807, 2.05) is 0 Å². The van der Waals surface area contributed by atoms with E-state index in [0.717, 1.165) is 11.8 Å². The fourth-order valence-electron chi connectivity index (χ4n) is 2.96. The van der Waals surface area contributed by atoms with Crippen molar-refractivity contribution in [3.63, 3.8) is 0 Å². The van der Waals surface area contributed by atoms with Crippen molar-refractivity contribution in [2.24, 2.45) is 11.8 Å². The lowest BCUT2D eigenvalue weighted by molar-refractivity contribution is 0.433. The highest BCUT2D eigenvalue weighted by molar-refractivity contribution is 4.55. The molecule has 0 nitrogen and oxygen atoms in total. The molecule has 122 valence electrons. The molecule has 0 rings (SSSR count). The number of unbranched alkanes of at least 4 members (excludes halogenated alkanes) is 8. The third kappa shape index (κ3) is 14.4. The van der Waals surface area contributed by atoms with E-state index >= 15 is 0 Å². The molecular weight excluding hydrogens is 240 g/mol. The molecule has 0 heteroatoms. The normalized spacial score (nSPS) is 14.4. The Morgan fingerprint density at radius 3 is 1.35 bits per heavy atom. The molecule has 0 saturated heterocycles. The quantitative estimate of drug-likeness (QED) is 0.269. The van der Waals surface area contributed by atoms with Gasteiger partial charge in [-0.15, -0.1) is 0 Å². The highest BCUT2D eigenvalue weighted by Crippen LogP contribution is 2.18. The smallest absolute Gasteiger partial charge is 0.0443 e. The van der Waals surface area contributed by atoms with Gasteiger partial charge in [0.15, 0.2) is 0 Å². The van der Waals surface area contributed by atoms with Crippen LogP contribution < -0.4 is 0 Å². The molecule has 0 aliphatic rings. The number of rotatable bonds is 15. The Hall–Kier alpha value is 0. The molecule has 2 atom stereocenters. The van der Waals surface area contributed by atoms with E-state index in [-0.39, 0.29) is 0 Å². The average molecular weight is 283 g/mol. The molecule has 0 aromatic rings. The van der Waals surface area contributed by atoms with Crippen LogP contribution in [0.3, 0.4) is 0 Å². The molecule has 0 N–H and O–H groups in total. The van der Waals surface area contributed by atoms with Gasteiger partial charge < -0.3 is 0 Å². The zero-order chi connectivity index (χ0) is 15.1. The van der Waals surface area contributed by atoms with Crippen molar-refractivity contribution in [2.45, 2.75) is 118 Å². The van der Waals surface area contributed by atoms with Crippen molar-refractivity contribution >= 4 is 0 Å². The molecule has 0 fully saturated rings. The minimum absolute atomic E-state index is 0.948. The van der Waals surface area contributed by atoms with Crippen LogP contribution in [0.25, 0.3) is 0 Å². The Kier molecular flexibility index (Phi) is 15.4. The Balaban J connectivity index is 3.12. The van der Waals surface area contributed by atoms with E-state index in [1.54, 1.807) is 0 Å². The van der Waals surface area contributed by atoms with Crippen LogP contribution in [0, 0.1) is 11.8 Å². The van der Waals surface area contributed by atoms with Crippen molar-refractivity contribution in [1.82, 2.24) is 0 Å². The highest BCUT2D eigenvalue weighted by atomic mass is 14.1. The largest absolute Gasteiger partial charge is 0.0654 e. The third-order valence-electron chi connectivity index (χ3n) is 4.89. The summed E-state index contributed by atoms with van der Waals surface area (Å²) >= 11 is 0. The maximum atomic E-state index is 2.45. The first kappa shape index (κ1) is 20.0. The molecule has 0 aliphatic carbocycles. The molecule has 20 heavy (non-hydrogen) atoms. The van der Waals surface area contributed by atoms with E-state index in [9.17, 15) is 0 Å². The maximum Gasteiger partial charge on any atom is -0.0443 e. The fraction of sp³-hybridized carbons (Fsp3) is 1.00. The van der Waals surface area contributed by atoms with E-state index in [2.05, 4.69) is 27.7 Å². The van der Waals surface area contributed by atoms with Gasteiger partial charge in [0.05, 0.1) is 0 Å². The zero-order valence-electron chi connectivity index (χ0n) is 15.1. The summed E-state index contributed by atoms with van der Waals surface area (Å²) in [6.45, 7) is 9.45. The van der Waals surface area contributed by atoms with E-state index in [4.69, 9.17) is 0 Å². The third-order valence-corrected chi connectivity index (χ3v) is 4.89. The van der Waals surface area contributed by atoms with E-state index in [0.29, 0.717) is 0 Å². The summed E-state index contributed by atoms with van der Waals surface area (Å²) in [5.41, 5.74) is 0. The second-order valence-electron chi connectivity index (χ2n) is 7.17. The monoisotopic (exact) mass is 282 g/mol. The van der Waals surface area contributed by atoms with Crippen LogP contribution in [-0.4, -0.2) is 0 Å². The second-order valence-corrected chi connectivity index (χ2v) is 7.17. The van der Waals surface area contributed by atoms with Crippen molar-refractivity contribution in [1.29, 1.82) is 0 Å². The molecular formula is C20H42. The van der Waals surface area contributed by atoms with Crippen molar-refractivity contribution in [3.8, 4) is 0 Å². The van der Waals surface area contributed by atoms with Gasteiger partial charge in [0.2, 0.25) is 0 Å². The second kappa shape index (κ2) is 15.4. The fourth-order valence-corrected chi connectivity index (χ4v) is 2.96. The lowest BCUT2D eigenvalue weighted by atomic mass is 9.96. The minimum atomic E-state index is 0.948. The van der Waals surface area contributed by atoms with E-state index in [1.165, 1.54) is 89.9 Å². The molecule has 0 radical (unpaired) electrons. The first-order valence-corrected chi connectivity index (χ1v) is 9.70. The Morgan fingerprint density at radius 2 is 0.900 bits per heavy atom. The predicted octanol–water partition coefficient (Wildman–Crippen LogP) is 7.76. The first-order chi connectivity index (χ1) is 9.70. The van der Waals surface area contributed by atoms with Gasteiger partial charge in [-0.3, -0.25) is 0 Å². The molecule has 0 bridgehead atoms. The van der Waals surface area contributed by atoms with Gasteiger partial charge in [-0.1, -0.05) is 118 Å². The van der Waals surface area contributed by atoms with Crippen LogP contribution in [0.4, 0.5) is 0 Å². The SMILES string of the molecule is CCCCCC(C)CCCCCCCCCC(C)CC. The van der Waals surface area contributed by atoms with Gasteiger partial charge in [0.25, 0.3) is 0 Å². The summed E-state index contributed by atoms with van der Waals surface area (Å²) in [6.07, 6.45) is 20.3. The molecule has 0 aromatic heterocycles. The first-order valence-electron chi connectivity index (χ1n) is 9.70. The Morgan fingerprint density at radius 1 is 0.500 bits per heavy atom. The Bertz CT molecular complexity index is 173. The zero-order valence-corrected chi connectivity index (χ0v) is 15.1. The summed E-state index contributed by atoms with van der Waals surface area (Å²) in [5.74, 6) is 1.92. The predicted molar refractivity (Wildman–Crippen MR) is 94.3 cm³/mol. The standard InChI is InChI=1S/C20H42/c1-5-7-13-17-20(4)18-15-12-10-8-9-11-14-16-19(3)6-2/h19-20H,5-18H2,1-4H3. The maximum absolute atomic E-state index is 2.45. The minimum Gasteiger partial charge on any atom is -0.0654 e. The van der Waals surface area contributed by atoms with Crippen LogP contribution >= 0.6 is 0 Å². The molecule has 0 heterocycles.